The van der Waals surface area contributed by atoms with Gasteiger partial charge in [-0.1, -0.05) is 23.5 Å². The van der Waals surface area contributed by atoms with E-state index in [-0.39, 0.29) is 0 Å². The number of ether oxygens (including phenoxy) is 1. The molecule has 0 fully saturated rings. The summed E-state index contributed by atoms with van der Waals surface area (Å²) in [6.45, 7) is -0.214. The van der Waals surface area contributed by atoms with Gasteiger partial charge in [0, 0.05) is 0 Å². The molecule has 0 saturated carbocycles. The molecular formula is C12H11F3N2O2S. The Hall–Kier alpha value is -1.67. The number of nitrogens with zero attached hydrogens (tertiary/aromatic N) is 1. The van der Waals surface area contributed by atoms with Gasteiger partial charge in [0.15, 0.2) is 5.13 Å². The monoisotopic (exact) mass is 304 g/mol. The second kappa shape index (κ2) is 5.76. The first kappa shape index (κ1) is 14.7. The fourth-order valence-corrected chi connectivity index (χ4v) is 2.51. The van der Waals surface area contributed by atoms with Gasteiger partial charge in [-0.3, -0.25) is 10.1 Å². The highest BCUT2D eigenvalue weighted by Crippen LogP contribution is 2.27. The number of halogens is 3. The zero-order valence-electron chi connectivity index (χ0n) is 10.5. The lowest BCUT2D eigenvalue weighted by atomic mass is 10.2. The lowest BCUT2D eigenvalue weighted by molar-refractivity contribution is -0.174. The molecule has 4 nitrogen and oxygen atoms in total. The number of benzene rings is 1. The average Bonchev–Trinajstić information content (AvgIpc) is 2.71. The average molecular weight is 304 g/mol. The number of anilines is 1. The van der Waals surface area contributed by atoms with Gasteiger partial charge in [0.1, 0.15) is 13.2 Å². The van der Waals surface area contributed by atoms with Crippen molar-refractivity contribution in [3.05, 3.63) is 23.8 Å². The zero-order valence-corrected chi connectivity index (χ0v) is 11.3. The van der Waals surface area contributed by atoms with Gasteiger partial charge in [-0.15, -0.1) is 0 Å². The van der Waals surface area contributed by atoms with Crippen LogP contribution in [0.4, 0.5) is 18.3 Å². The molecule has 0 radical (unpaired) electrons. The Morgan fingerprint density at radius 3 is 2.85 bits per heavy atom. The van der Waals surface area contributed by atoms with Crippen LogP contribution in [0.3, 0.4) is 0 Å². The summed E-state index contributed by atoms with van der Waals surface area (Å²) in [5.74, 6) is -0.661. The van der Waals surface area contributed by atoms with E-state index in [0.717, 1.165) is 15.8 Å². The van der Waals surface area contributed by atoms with Crippen LogP contribution in [0.1, 0.15) is 5.56 Å². The topological polar surface area (TPSA) is 51.2 Å². The highest BCUT2D eigenvalue weighted by molar-refractivity contribution is 7.22. The van der Waals surface area contributed by atoms with Gasteiger partial charge >= 0.3 is 6.18 Å². The summed E-state index contributed by atoms with van der Waals surface area (Å²) in [5, 5.41) is 2.76. The molecule has 0 aliphatic heterocycles. The van der Waals surface area contributed by atoms with Crippen molar-refractivity contribution in [2.75, 3.05) is 18.5 Å². The Balaban J connectivity index is 1.95. The molecule has 0 saturated heterocycles. The van der Waals surface area contributed by atoms with Gasteiger partial charge in [0.25, 0.3) is 5.91 Å². The van der Waals surface area contributed by atoms with Crippen LogP contribution in [0.15, 0.2) is 18.2 Å². The Morgan fingerprint density at radius 1 is 1.45 bits per heavy atom. The molecular weight excluding hydrogens is 293 g/mol. The first-order valence-corrected chi connectivity index (χ1v) is 6.47. The third-order valence-corrected chi connectivity index (χ3v) is 3.30. The fraction of sp³-hybridized carbons (Fsp3) is 0.333. The van der Waals surface area contributed by atoms with Crippen molar-refractivity contribution in [3.8, 4) is 0 Å². The van der Waals surface area contributed by atoms with E-state index in [1.807, 2.05) is 25.1 Å². The van der Waals surface area contributed by atoms with E-state index in [0.29, 0.717) is 5.13 Å². The number of fused-ring (bicyclic) bond motifs is 1. The maximum Gasteiger partial charge on any atom is 0.411 e. The van der Waals surface area contributed by atoms with E-state index in [1.54, 1.807) is 0 Å². The standard InChI is InChI=1S/C12H11F3N2O2S/c1-7-3-2-4-8-10(7)17-11(20-8)16-9(18)5-19-6-12(13,14)15/h2-4H,5-6H2,1H3,(H,16,17,18). The van der Waals surface area contributed by atoms with Crippen LogP contribution in [0.2, 0.25) is 0 Å². The molecule has 1 amide bonds. The van der Waals surface area contributed by atoms with Gasteiger partial charge in [-0.2, -0.15) is 13.2 Å². The number of aryl methyl sites for hydroxylation is 1. The molecule has 1 N–H and O–H groups in total. The van der Waals surface area contributed by atoms with Crippen LogP contribution in [0.25, 0.3) is 10.2 Å². The number of thiazole rings is 1. The largest absolute Gasteiger partial charge is 0.411 e. The van der Waals surface area contributed by atoms with E-state index in [9.17, 15) is 18.0 Å². The maximum atomic E-state index is 11.8. The van der Waals surface area contributed by atoms with Crippen molar-refractivity contribution in [1.29, 1.82) is 0 Å². The summed E-state index contributed by atoms with van der Waals surface area (Å²) >= 11 is 1.26. The van der Waals surface area contributed by atoms with Crippen LogP contribution in [0.5, 0.6) is 0 Å². The van der Waals surface area contributed by atoms with Gasteiger partial charge in [-0.25, -0.2) is 4.98 Å². The third kappa shape index (κ3) is 3.91. The van der Waals surface area contributed by atoms with E-state index in [1.165, 1.54) is 11.3 Å². The summed E-state index contributed by atoms with van der Waals surface area (Å²) < 4.78 is 40.7. The van der Waals surface area contributed by atoms with Gasteiger partial charge < -0.3 is 4.74 Å². The minimum absolute atomic E-state index is 0.343. The number of rotatable bonds is 4. The number of hydrogen-bond donors (Lipinski definition) is 1. The lowest BCUT2D eigenvalue weighted by Crippen LogP contribution is -2.23. The van der Waals surface area contributed by atoms with E-state index < -0.39 is 25.3 Å². The van der Waals surface area contributed by atoms with Gasteiger partial charge in [-0.05, 0) is 18.6 Å². The predicted octanol–water partition coefficient (Wildman–Crippen LogP) is 3.12. The van der Waals surface area contributed by atoms with Crippen molar-refractivity contribution in [2.24, 2.45) is 0 Å². The van der Waals surface area contributed by atoms with Crippen LogP contribution in [-0.2, 0) is 9.53 Å². The molecule has 0 atom stereocenters. The van der Waals surface area contributed by atoms with Crippen LogP contribution < -0.4 is 5.32 Å². The highest BCUT2D eigenvalue weighted by atomic mass is 32.1. The van der Waals surface area contributed by atoms with Gasteiger partial charge in [0.05, 0.1) is 10.2 Å². The Bertz CT molecular complexity index is 625. The summed E-state index contributed by atoms with van der Waals surface area (Å²) in [6, 6.07) is 5.61. The second-order valence-electron chi connectivity index (χ2n) is 4.10. The van der Waals surface area contributed by atoms with Crippen LogP contribution in [-0.4, -0.2) is 30.3 Å². The van der Waals surface area contributed by atoms with Crippen LogP contribution in [0, 0.1) is 6.92 Å². The molecule has 0 aliphatic rings. The van der Waals surface area contributed by atoms with E-state index >= 15 is 0 Å². The number of nitrogens with one attached hydrogen (secondary N) is 1. The molecule has 1 aromatic carbocycles. The number of aromatic nitrogens is 1. The van der Waals surface area contributed by atoms with Crippen LogP contribution >= 0.6 is 11.3 Å². The van der Waals surface area contributed by atoms with Crippen molar-refractivity contribution in [1.82, 2.24) is 4.98 Å². The summed E-state index contributed by atoms with van der Waals surface area (Å²) in [7, 11) is 0. The number of alkyl halides is 3. The normalized spacial score (nSPS) is 11.8. The molecule has 8 heteroatoms. The number of carbonyl (C=O) groups excluding carboxylic acids is 1. The molecule has 0 bridgehead atoms. The quantitative estimate of drug-likeness (QED) is 0.944. The molecule has 2 aromatic rings. The molecule has 0 spiro atoms. The fourth-order valence-electron chi connectivity index (χ4n) is 1.55. The number of hydrogen-bond acceptors (Lipinski definition) is 4. The molecule has 2 rings (SSSR count). The highest BCUT2D eigenvalue weighted by Gasteiger charge is 2.27. The van der Waals surface area contributed by atoms with Crippen molar-refractivity contribution in [2.45, 2.75) is 13.1 Å². The van der Waals surface area contributed by atoms with E-state index in [2.05, 4.69) is 15.0 Å². The number of amides is 1. The molecule has 1 heterocycles. The third-order valence-electron chi connectivity index (χ3n) is 2.37. The summed E-state index contributed by atoms with van der Waals surface area (Å²) in [4.78, 5) is 15.6. The van der Waals surface area contributed by atoms with Crippen molar-refractivity contribution in [3.63, 3.8) is 0 Å². The smallest absolute Gasteiger partial charge is 0.362 e. The minimum Gasteiger partial charge on any atom is -0.362 e. The first-order valence-electron chi connectivity index (χ1n) is 5.66. The van der Waals surface area contributed by atoms with Crippen molar-refractivity contribution >= 4 is 32.6 Å². The predicted molar refractivity (Wildman–Crippen MR) is 69.9 cm³/mol. The summed E-state index contributed by atoms with van der Waals surface area (Å²) in [5.41, 5.74) is 1.73. The molecule has 1 aromatic heterocycles. The first-order chi connectivity index (χ1) is 9.35. The molecule has 0 unspecified atom stereocenters. The number of para-hydroxylation sites is 1. The molecule has 108 valence electrons. The zero-order chi connectivity index (χ0) is 14.8. The molecule has 0 aliphatic carbocycles. The Kier molecular flexibility index (Phi) is 4.24. The second-order valence-corrected chi connectivity index (χ2v) is 5.13. The lowest BCUT2D eigenvalue weighted by Gasteiger charge is -2.06. The Labute approximate surface area is 116 Å². The Morgan fingerprint density at radius 2 is 2.20 bits per heavy atom. The van der Waals surface area contributed by atoms with Crippen molar-refractivity contribution < 1.29 is 22.7 Å². The maximum absolute atomic E-state index is 11.8. The number of carbonyl (C=O) groups is 1. The molecule has 20 heavy (non-hydrogen) atoms. The van der Waals surface area contributed by atoms with Gasteiger partial charge in [0.2, 0.25) is 0 Å². The SMILES string of the molecule is Cc1cccc2sc(NC(=O)COCC(F)(F)F)nc12. The summed E-state index contributed by atoms with van der Waals surface area (Å²) in [6.07, 6.45) is -4.44. The van der Waals surface area contributed by atoms with E-state index in [4.69, 9.17) is 0 Å². The minimum atomic E-state index is -4.44.